The first kappa shape index (κ1) is 10.2. The smallest absolute Gasteiger partial charge is 0.0529 e. The molecule has 0 aliphatic carbocycles. The van der Waals surface area contributed by atoms with Crippen LogP contribution in [0.3, 0.4) is 0 Å². The van der Waals surface area contributed by atoms with Crippen LogP contribution in [-0.2, 0) is 6.42 Å². The second-order valence-electron chi connectivity index (χ2n) is 4.35. The first-order valence-corrected chi connectivity index (χ1v) is 5.89. The summed E-state index contributed by atoms with van der Waals surface area (Å²) in [7, 11) is 0. The molecule has 0 spiro atoms. The highest BCUT2D eigenvalue weighted by atomic mass is 14.9. The second kappa shape index (κ2) is 4.10. The molecule has 1 aliphatic rings. The van der Waals surface area contributed by atoms with Crippen molar-refractivity contribution in [3.05, 3.63) is 70.6 Å². The van der Waals surface area contributed by atoms with Gasteiger partial charge in [0.15, 0.2) is 0 Å². The molecule has 17 heavy (non-hydrogen) atoms. The van der Waals surface area contributed by atoms with Gasteiger partial charge in [0.05, 0.1) is 5.70 Å². The lowest BCUT2D eigenvalue weighted by Gasteiger charge is -2.03. The van der Waals surface area contributed by atoms with E-state index in [1.54, 1.807) is 0 Å². The van der Waals surface area contributed by atoms with Crippen molar-refractivity contribution >= 4 is 11.4 Å². The van der Waals surface area contributed by atoms with Crippen molar-refractivity contribution in [1.82, 2.24) is 5.32 Å². The van der Waals surface area contributed by atoms with Gasteiger partial charge in [0.1, 0.15) is 0 Å². The Bertz CT molecular complexity index is 653. The van der Waals surface area contributed by atoms with Crippen molar-refractivity contribution in [1.29, 1.82) is 0 Å². The van der Waals surface area contributed by atoms with Crippen molar-refractivity contribution < 1.29 is 0 Å². The Kier molecular flexibility index (Phi) is 2.45. The molecule has 1 nitrogen and oxygen atoms in total. The molecule has 2 aromatic carbocycles. The van der Waals surface area contributed by atoms with E-state index in [0.29, 0.717) is 0 Å². The number of hydrogen-bond donors (Lipinski definition) is 0. The van der Waals surface area contributed by atoms with Gasteiger partial charge in [-0.15, -0.1) is 0 Å². The molecule has 0 aromatic heterocycles. The van der Waals surface area contributed by atoms with Crippen LogP contribution in [-0.4, -0.2) is 0 Å². The first-order chi connectivity index (χ1) is 8.34. The summed E-state index contributed by atoms with van der Waals surface area (Å²) in [5.41, 5.74) is 3.63. The van der Waals surface area contributed by atoms with Gasteiger partial charge in [0.25, 0.3) is 0 Å². The predicted molar refractivity (Wildman–Crippen MR) is 70.5 cm³/mol. The van der Waals surface area contributed by atoms with E-state index in [2.05, 4.69) is 60.8 Å². The maximum Gasteiger partial charge on any atom is 0.0529 e. The molecule has 0 N–H and O–H groups in total. The number of hydrogen-bond acceptors (Lipinski definition) is 0. The number of fused-ring (bicyclic) bond motifs is 1. The van der Waals surface area contributed by atoms with E-state index in [-0.39, 0.29) is 0 Å². The third kappa shape index (κ3) is 1.84. The summed E-state index contributed by atoms with van der Waals surface area (Å²) in [6, 6.07) is 19.0. The topological polar surface area (TPSA) is 14.1 Å². The molecule has 3 rings (SSSR count). The zero-order valence-corrected chi connectivity index (χ0v) is 9.85. The molecular formula is C16H14N. The molecule has 0 fully saturated rings. The van der Waals surface area contributed by atoms with Gasteiger partial charge in [-0.1, -0.05) is 54.6 Å². The number of nitrogens with zero attached hydrogens (tertiary/aromatic N) is 1. The molecule has 83 valence electrons. The number of rotatable bonds is 2. The number of benzene rings is 2. The molecule has 0 atom stereocenters. The molecule has 0 bridgehead atoms. The zero-order valence-electron chi connectivity index (χ0n) is 9.85. The molecule has 1 heteroatoms. The SMILES string of the molecule is CC1=c2ccccc2=C(Cc2ccccc2)[N]1. The fraction of sp³-hybridized carbons (Fsp3) is 0.125. The van der Waals surface area contributed by atoms with Crippen LogP contribution in [0.1, 0.15) is 12.5 Å². The predicted octanol–water partition coefficient (Wildman–Crippen LogP) is 1.78. The Balaban J connectivity index is 2.07. The molecule has 1 radical (unpaired) electrons. The van der Waals surface area contributed by atoms with Gasteiger partial charge in [0.2, 0.25) is 0 Å². The van der Waals surface area contributed by atoms with E-state index in [1.165, 1.54) is 21.7 Å². The lowest BCUT2D eigenvalue weighted by Crippen LogP contribution is -2.23. The largest absolute Gasteiger partial charge is 0.257 e. The zero-order chi connectivity index (χ0) is 11.7. The fourth-order valence-corrected chi connectivity index (χ4v) is 2.30. The van der Waals surface area contributed by atoms with Crippen LogP contribution in [0.15, 0.2) is 54.6 Å². The highest BCUT2D eigenvalue weighted by molar-refractivity contribution is 5.63. The normalized spacial score (nSPS) is 13.5. The minimum atomic E-state index is 0.912. The van der Waals surface area contributed by atoms with Gasteiger partial charge in [-0.3, -0.25) is 5.32 Å². The molecule has 0 unspecified atom stereocenters. The van der Waals surface area contributed by atoms with E-state index in [0.717, 1.165) is 12.1 Å². The Morgan fingerprint density at radius 3 is 2.24 bits per heavy atom. The maximum absolute atomic E-state index is 4.69. The lowest BCUT2D eigenvalue weighted by molar-refractivity contribution is 1.11. The molecule has 1 heterocycles. The van der Waals surface area contributed by atoms with E-state index < -0.39 is 0 Å². The molecule has 0 saturated carbocycles. The molecule has 1 aliphatic heterocycles. The van der Waals surface area contributed by atoms with Gasteiger partial charge in [-0.25, -0.2) is 0 Å². The summed E-state index contributed by atoms with van der Waals surface area (Å²) in [4.78, 5) is 0. The molecule has 0 amide bonds. The van der Waals surface area contributed by atoms with Crippen LogP contribution in [0.5, 0.6) is 0 Å². The van der Waals surface area contributed by atoms with Gasteiger partial charge in [-0.05, 0) is 12.5 Å². The van der Waals surface area contributed by atoms with Crippen LogP contribution >= 0.6 is 0 Å². The molecular weight excluding hydrogens is 206 g/mol. The van der Waals surface area contributed by atoms with Crippen LogP contribution in [0, 0.1) is 0 Å². The van der Waals surface area contributed by atoms with Crippen LogP contribution in [0.25, 0.3) is 11.4 Å². The van der Waals surface area contributed by atoms with Crippen LogP contribution < -0.4 is 15.8 Å². The molecule has 0 saturated heterocycles. The van der Waals surface area contributed by atoms with Crippen LogP contribution in [0.2, 0.25) is 0 Å². The van der Waals surface area contributed by atoms with Crippen molar-refractivity contribution in [2.75, 3.05) is 0 Å². The highest BCUT2D eigenvalue weighted by Crippen LogP contribution is 2.10. The Morgan fingerprint density at radius 2 is 1.47 bits per heavy atom. The average Bonchev–Trinajstić information content (AvgIpc) is 2.69. The first-order valence-electron chi connectivity index (χ1n) is 5.89. The van der Waals surface area contributed by atoms with E-state index >= 15 is 0 Å². The van der Waals surface area contributed by atoms with Crippen molar-refractivity contribution in [3.8, 4) is 0 Å². The highest BCUT2D eigenvalue weighted by Gasteiger charge is 2.11. The average molecular weight is 220 g/mol. The van der Waals surface area contributed by atoms with E-state index in [4.69, 9.17) is 0 Å². The van der Waals surface area contributed by atoms with Gasteiger partial charge >= 0.3 is 0 Å². The Labute approximate surface area is 101 Å². The summed E-state index contributed by atoms with van der Waals surface area (Å²) in [5.74, 6) is 0. The quantitative estimate of drug-likeness (QED) is 0.732. The standard InChI is InChI=1S/C16H14N/c1-12-14-9-5-6-10-15(14)16(17-12)11-13-7-3-2-4-8-13/h2-10H,11H2,1H3. The lowest BCUT2D eigenvalue weighted by atomic mass is 10.1. The van der Waals surface area contributed by atoms with Gasteiger partial charge < -0.3 is 0 Å². The van der Waals surface area contributed by atoms with E-state index in [9.17, 15) is 0 Å². The third-order valence-corrected chi connectivity index (χ3v) is 3.14. The van der Waals surface area contributed by atoms with Gasteiger partial charge in [0, 0.05) is 22.6 Å². The van der Waals surface area contributed by atoms with E-state index in [1.807, 2.05) is 6.07 Å². The van der Waals surface area contributed by atoms with Crippen molar-refractivity contribution in [3.63, 3.8) is 0 Å². The minimum absolute atomic E-state index is 0.912. The summed E-state index contributed by atoms with van der Waals surface area (Å²) >= 11 is 0. The summed E-state index contributed by atoms with van der Waals surface area (Å²) in [5, 5.41) is 7.25. The van der Waals surface area contributed by atoms with Crippen molar-refractivity contribution in [2.45, 2.75) is 13.3 Å². The summed E-state index contributed by atoms with van der Waals surface area (Å²) < 4.78 is 0. The minimum Gasteiger partial charge on any atom is -0.257 e. The molecule has 2 aromatic rings. The Morgan fingerprint density at radius 1 is 0.824 bits per heavy atom. The third-order valence-electron chi connectivity index (χ3n) is 3.14. The van der Waals surface area contributed by atoms with Gasteiger partial charge in [-0.2, -0.15) is 0 Å². The summed E-state index contributed by atoms with van der Waals surface area (Å²) in [6.45, 7) is 2.08. The monoisotopic (exact) mass is 220 g/mol. The second-order valence-corrected chi connectivity index (χ2v) is 4.35. The fourth-order valence-electron chi connectivity index (χ4n) is 2.30. The maximum atomic E-state index is 4.69. The summed E-state index contributed by atoms with van der Waals surface area (Å²) in [6.07, 6.45) is 0.912. The Hall–Kier alpha value is -2.02. The van der Waals surface area contributed by atoms with Crippen molar-refractivity contribution in [2.24, 2.45) is 0 Å². The van der Waals surface area contributed by atoms with Crippen LogP contribution in [0.4, 0.5) is 0 Å².